The van der Waals surface area contributed by atoms with E-state index in [1.165, 1.54) is 0 Å². The average Bonchev–Trinajstić information content (AvgIpc) is 3.02. The summed E-state index contributed by atoms with van der Waals surface area (Å²) in [5.41, 5.74) is 2.01. The molecule has 0 aliphatic rings. The van der Waals surface area contributed by atoms with Crippen molar-refractivity contribution in [3.05, 3.63) is 64.9 Å². The Kier molecular flexibility index (Phi) is 5.85. The number of nitrogens with zero attached hydrogens (tertiary/aromatic N) is 2. The number of benzene rings is 2. The first-order valence-electron chi connectivity index (χ1n) is 8.50. The number of nitrogens with one attached hydrogen (secondary N) is 2. The predicted octanol–water partition coefficient (Wildman–Crippen LogP) is 3.71. The van der Waals surface area contributed by atoms with Crippen LogP contribution in [0.4, 0.5) is 20.9 Å². The van der Waals surface area contributed by atoms with Gasteiger partial charge in [0.2, 0.25) is 0 Å². The van der Waals surface area contributed by atoms with E-state index in [4.69, 9.17) is 0 Å². The standard InChI is InChI=1S/C19H19FN4O3S2/c1-12-17(18(25)22-14-6-8-15(9-7-14)24(2)3)28-19(21-12)23-29(26,27)16-10-4-13(20)5-11-16/h4-11H,1-3H3,(H,21,23)(H,22,25). The van der Waals surface area contributed by atoms with Crippen LogP contribution in [0.2, 0.25) is 0 Å². The van der Waals surface area contributed by atoms with Crippen molar-refractivity contribution in [2.75, 3.05) is 29.0 Å². The summed E-state index contributed by atoms with van der Waals surface area (Å²) in [5.74, 6) is -0.920. The fraction of sp³-hybridized carbons (Fsp3) is 0.158. The van der Waals surface area contributed by atoms with Crippen LogP contribution in [0.5, 0.6) is 0 Å². The molecule has 3 aromatic rings. The molecule has 3 rings (SSSR count). The lowest BCUT2D eigenvalue weighted by molar-refractivity contribution is 0.103. The number of carbonyl (C=O) groups excluding carboxylic acids is 1. The molecule has 7 nitrogen and oxygen atoms in total. The molecule has 1 heterocycles. The van der Waals surface area contributed by atoms with E-state index in [0.29, 0.717) is 16.3 Å². The Balaban J connectivity index is 1.75. The van der Waals surface area contributed by atoms with Crippen LogP contribution in [-0.2, 0) is 10.0 Å². The van der Waals surface area contributed by atoms with Gasteiger partial charge in [-0.3, -0.25) is 9.52 Å². The minimum atomic E-state index is -3.94. The van der Waals surface area contributed by atoms with E-state index < -0.39 is 15.8 Å². The molecule has 0 saturated carbocycles. The molecule has 0 radical (unpaired) electrons. The summed E-state index contributed by atoms with van der Waals surface area (Å²) in [7, 11) is -0.0973. The fourth-order valence-corrected chi connectivity index (χ4v) is 4.57. The predicted molar refractivity (Wildman–Crippen MR) is 113 cm³/mol. The van der Waals surface area contributed by atoms with Crippen LogP contribution in [0.15, 0.2) is 53.4 Å². The second-order valence-electron chi connectivity index (χ2n) is 6.39. The van der Waals surface area contributed by atoms with Gasteiger partial charge in [-0.25, -0.2) is 17.8 Å². The summed E-state index contributed by atoms with van der Waals surface area (Å²) < 4.78 is 40.2. The maximum atomic E-state index is 13.0. The van der Waals surface area contributed by atoms with E-state index in [9.17, 15) is 17.6 Å². The topological polar surface area (TPSA) is 91.4 Å². The lowest BCUT2D eigenvalue weighted by atomic mass is 10.2. The normalized spacial score (nSPS) is 11.2. The van der Waals surface area contributed by atoms with E-state index in [1.54, 1.807) is 19.1 Å². The molecule has 2 N–H and O–H groups in total. The van der Waals surface area contributed by atoms with Gasteiger partial charge in [0.1, 0.15) is 10.7 Å². The van der Waals surface area contributed by atoms with Crippen LogP contribution < -0.4 is 14.9 Å². The lowest BCUT2D eigenvalue weighted by Crippen LogP contribution is -2.12. The number of carbonyl (C=O) groups is 1. The van der Waals surface area contributed by atoms with Crippen molar-refractivity contribution in [2.45, 2.75) is 11.8 Å². The summed E-state index contributed by atoms with van der Waals surface area (Å²) in [4.78, 5) is 18.8. The Bertz CT molecular complexity index is 1130. The summed E-state index contributed by atoms with van der Waals surface area (Å²) >= 11 is 0.924. The molecule has 0 spiro atoms. The molecule has 0 aliphatic carbocycles. The average molecular weight is 435 g/mol. The highest BCUT2D eigenvalue weighted by Crippen LogP contribution is 2.26. The van der Waals surface area contributed by atoms with Gasteiger partial charge in [0, 0.05) is 25.5 Å². The van der Waals surface area contributed by atoms with Gasteiger partial charge in [0.15, 0.2) is 5.13 Å². The van der Waals surface area contributed by atoms with E-state index in [0.717, 1.165) is 41.3 Å². The Morgan fingerprint density at radius 3 is 2.28 bits per heavy atom. The number of sulfonamides is 1. The monoisotopic (exact) mass is 434 g/mol. The lowest BCUT2D eigenvalue weighted by Gasteiger charge is -2.12. The summed E-state index contributed by atoms with van der Waals surface area (Å²) in [6.07, 6.45) is 0. The van der Waals surface area contributed by atoms with E-state index in [-0.39, 0.29) is 15.9 Å². The number of aryl methyl sites for hydroxylation is 1. The van der Waals surface area contributed by atoms with Crippen LogP contribution in [0, 0.1) is 12.7 Å². The third-order valence-electron chi connectivity index (χ3n) is 3.99. The van der Waals surface area contributed by atoms with E-state index in [1.807, 2.05) is 31.1 Å². The number of amides is 1. The van der Waals surface area contributed by atoms with Gasteiger partial charge in [-0.2, -0.15) is 0 Å². The first-order chi connectivity index (χ1) is 13.7. The maximum Gasteiger partial charge on any atom is 0.267 e. The maximum absolute atomic E-state index is 13.0. The number of rotatable bonds is 6. The third-order valence-corrected chi connectivity index (χ3v) is 6.55. The summed E-state index contributed by atoms with van der Waals surface area (Å²) in [6, 6.07) is 11.7. The van der Waals surface area contributed by atoms with Crippen LogP contribution in [-0.4, -0.2) is 33.4 Å². The van der Waals surface area contributed by atoms with E-state index >= 15 is 0 Å². The Morgan fingerprint density at radius 1 is 1.07 bits per heavy atom. The van der Waals surface area contributed by atoms with Gasteiger partial charge >= 0.3 is 0 Å². The second kappa shape index (κ2) is 8.18. The van der Waals surface area contributed by atoms with Crippen molar-refractivity contribution in [1.82, 2.24) is 4.98 Å². The van der Waals surface area contributed by atoms with Gasteiger partial charge in [-0.05, 0) is 55.5 Å². The number of halogens is 1. The SMILES string of the molecule is Cc1nc(NS(=O)(=O)c2ccc(F)cc2)sc1C(=O)Nc1ccc(N(C)C)cc1. The van der Waals surface area contributed by atoms with Crippen molar-refractivity contribution in [1.29, 1.82) is 0 Å². The van der Waals surface area contributed by atoms with Crippen molar-refractivity contribution in [2.24, 2.45) is 0 Å². The molecule has 29 heavy (non-hydrogen) atoms. The fourth-order valence-electron chi connectivity index (χ4n) is 2.47. The van der Waals surface area contributed by atoms with Crippen molar-refractivity contribution in [3.8, 4) is 0 Å². The molecule has 0 fully saturated rings. The molecule has 0 aliphatic heterocycles. The van der Waals surface area contributed by atoms with Gasteiger partial charge < -0.3 is 10.2 Å². The zero-order valence-electron chi connectivity index (χ0n) is 15.9. The molecule has 152 valence electrons. The third kappa shape index (κ3) is 4.90. The minimum Gasteiger partial charge on any atom is -0.378 e. The molecule has 0 unspecified atom stereocenters. The summed E-state index contributed by atoms with van der Waals surface area (Å²) in [6.45, 7) is 1.62. The first kappa shape index (κ1) is 20.7. The van der Waals surface area contributed by atoms with E-state index in [2.05, 4.69) is 15.0 Å². The molecule has 1 amide bonds. The van der Waals surface area contributed by atoms with Crippen LogP contribution >= 0.6 is 11.3 Å². The van der Waals surface area contributed by atoms with Gasteiger partial charge in [0.05, 0.1) is 10.6 Å². The number of anilines is 3. The number of thiazole rings is 1. The van der Waals surface area contributed by atoms with Gasteiger partial charge in [-0.15, -0.1) is 0 Å². The minimum absolute atomic E-state index is 0.0555. The summed E-state index contributed by atoms with van der Waals surface area (Å²) in [5, 5.41) is 2.83. The van der Waals surface area contributed by atoms with Crippen LogP contribution in [0.3, 0.4) is 0 Å². The van der Waals surface area contributed by atoms with Gasteiger partial charge in [-0.1, -0.05) is 11.3 Å². The zero-order valence-corrected chi connectivity index (χ0v) is 17.6. The van der Waals surface area contributed by atoms with Crippen molar-refractivity contribution in [3.63, 3.8) is 0 Å². The smallest absolute Gasteiger partial charge is 0.267 e. The number of aromatic nitrogens is 1. The molecular formula is C19H19FN4O3S2. The number of hydrogen-bond acceptors (Lipinski definition) is 6. The van der Waals surface area contributed by atoms with Gasteiger partial charge in [0.25, 0.3) is 15.9 Å². The molecule has 0 atom stereocenters. The molecular weight excluding hydrogens is 415 g/mol. The molecule has 10 heteroatoms. The molecule has 0 bridgehead atoms. The largest absolute Gasteiger partial charge is 0.378 e. The Hall–Kier alpha value is -2.98. The molecule has 2 aromatic carbocycles. The highest BCUT2D eigenvalue weighted by atomic mass is 32.2. The van der Waals surface area contributed by atoms with Crippen molar-refractivity contribution >= 4 is 43.8 Å². The first-order valence-corrected chi connectivity index (χ1v) is 10.8. The number of hydrogen-bond donors (Lipinski definition) is 2. The second-order valence-corrected chi connectivity index (χ2v) is 9.07. The van der Waals surface area contributed by atoms with Crippen molar-refractivity contribution < 1.29 is 17.6 Å². The van der Waals surface area contributed by atoms with Crippen LogP contribution in [0.25, 0.3) is 0 Å². The molecule has 0 saturated heterocycles. The van der Waals surface area contributed by atoms with Crippen LogP contribution in [0.1, 0.15) is 15.4 Å². The zero-order chi connectivity index (χ0) is 21.2. The molecule has 1 aromatic heterocycles. The highest BCUT2D eigenvalue weighted by Gasteiger charge is 2.20. The quantitative estimate of drug-likeness (QED) is 0.617. The Morgan fingerprint density at radius 2 is 1.69 bits per heavy atom. The Labute approximate surface area is 172 Å². The highest BCUT2D eigenvalue weighted by molar-refractivity contribution is 7.93.